The maximum Gasteiger partial charge on any atom is 0.0637 e. The molecule has 2 unspecified atom stereocenters. The van der Waals surface area contributed by atoms with Gasteiger partial charge < -0.3 is 24.0 Å². The van der Waals surface area contributed by atoms with Crippen molar-refractivity contribution in [2.75, 3.05) is 93.5 Å². The highest BCUT2D eigenvalue weighted by Gasteiger charge is 2.45. The van der Waals surface area contributed by atoms with E-state index >= 15 is 0 Å². The lowest BCUT2D eigenvalue weighted by Crippen LogP contribution is -2.43. The van der Waals surface area contributed by atoms with E-state index in [1.165, 1.54) is 25.8 Å². The molecular weight excluding hydrogens is 368 g/mol. The molecule has 1 fully saturated rings. The molecule has 1 aliphatic heterocycles. The molecule has 0 bridgehead atoms. The fourth-order valence-corrected chi connectivity index (χ4v) is 4.05. The summed E-state index contributed by atoms with van der Waals surface area (Å²) in [6.07, 6.45) is 8.31. The summed E-state index contributed by atoms with van der Waals surface area (Å²) in [6, 6.07) is 1.36. The van der Waals surface area contributed by atoms with Crippen LogP contribution in [0.1, 0.15) is 26.2 Å². The minimum absolute atomic E-state index is 0.669. The first-order valence-electron chi connectivity index (χ1n) is 11.3. The minimum atomic E-state index is 0.669. The van der Waals surface area contributed by atoms with Gasteiger partial charge in [0.1, 0.15) is 0 Å². The highest BCUT2D eigenvalue weighted by atomic mass is 16.5. The summed E-state index contributed by atoms with van der Waals surface area (Å²) in [5.74, 6) is 0. The van der Waals surface area contributed by atoms with Crippen LogP contribution >= 0.6 is 0 Å². The van der Waals surface area contributed by atoms with Gasteiger partial charge in [-0.25, -0.2) is 0 Å². The van der Waals surface area contributed by atoms with Crippen molar-refractivity contribution < 1.29 is 14.2 Å². The predicted molar refractivity (Wildman–Crippen MR) is 118 cm³/mol. The van der Waals surface area contributed by atoms with E-state index in [0.717, 1.165) is 65.6 Å². The van der Waals surface area contributed by atoms with E-state index < -0.39 is 0 Å². The van der Waals surface area contributed by atoms with Gasteiger partial charge in [-0.2, -0.15) is 0 Å². The summed E-state index contributed by atoms with van der Waals surface area (Å²) in [5.41, 5.74) is 0. The largest absolute Gasteiger partial charge is 0.383 e. The van der Waals surface area contributed by atoms with Crippen LogP contribution < -0.4 is 0 Å². The number of hydrogen-bond acceptors (Lipinski definition) is 7. The molecule has 0 spiro atoms. The highest BCUT2D eigenvalue weighted by Crippen LogP contribution is 2.33. The molecule has 170 valence electrons. The molecule has 0 saturated heterocycles. The zero-order valence-electron chi connectivity index (χ0n) is 19.2. The number of nitrogens with zero attached hydrogens (tertiary/aromatic N) is 4. The number of hydrogen-bond donors (Lipinski definition) is 0. The van der Waals surface area contributed by atoms with Gasteiger partial charge in [-0.1, -0.05) is 13.3 Å². The van der Waals surface area contributed by atoms with Gasteiger partial charge in [0.05, 0.1) is 19.8 Å². The van der Waals surface area contributed by atoms with Crippen molar-refractivity contribution in [2.45, 2.75) is 38.3 Å². The number of methoxy groups -OCH3 is 3. The predicted octanol–water partition coefficient (Wildman–Crippen LogP) is 1.56. The Morgan fingerprint density at radius 3 is 1.66 bits per heavy atom. The van der Waals surface area contributed by atoms with Crippen LogP contribution in [0.2, 0.25) is 0 Å². The first-order chi connectivity index (χ1) is 14.2. The Hall–Kier alpha value is -0.860. The maximum absolute atomic E-state index is 5.40. The summed E-state index contributed by atoms with van der Waals surface area (Å²) in [4.78, 5) is 10.2. The Morgan fingerprint density at radius 1 is 0.690 bits per heavy atom. The lowest BCUT2D eigenvalue weighted by Gasteiger charge is -2.32. The molecular formula is C22H44N4O3. The molecule has 1 aliphatic carbocycles. The quantitative estimate of drug-likeness (QED) is 0.482. The third-order valence-electron chi connectivity index (χ3n) is 6.05. The van der Waals surface area contributed by atoms with Crippen molar-refractivity contribution in [3.8, 4) is 0 Å². The van der Waals surface area contributed by atoms with Crippen LogP contribution in [0.25, 0.3) is 0 Å². The summed E-state index contributed by atoms with van der Waals surface area (Å²) >= 11 is 0. The lowest BCUT2D eigenvalue weighted by atomic mass is 10.3. The van der Waals surface area contributed by atoms with Gasteiger partial charge in [-0.3, -0.25) is 9.80 Å². The fourth-order valence-electron chi connectivity index (χ4n) is 4.05. The Labute approximate surface area is 178 Å². The van der Waals surface area contributed by atoms with Gasteiger partial charge in [0, 0.05) is 91.6 Å². The van der Waals surface area contributed by atoms with Crippen molar-refractivity contribution in [1.29, 1.82) is 0 Å². The van der Waals surface area contributed by atoms with Crippen LogP contribution in [0.3, 0.4) is 0 Å². The molecule has 0 N–H and O–H groups in total. The van der Waals surface area contributed by atoms with Crippen LogP contribution in [-0.4, -0.2) is 125 Å². The molecule has 1 heterocycles. The third kappa shape index (κ3) is 8.80. The van der Waals surface area contributed by atoms with E-state index in [2.05, 4.69) is 38.9 Å². The second kappa shape index (κ2) is 14.2. The summed E-state index contributed by atoms with van der Waals surface area (Å²) in [6.45, 7) is 12.9. The zero-order valence-corrected chi connectivity index (χ0v) is 19.2. The monoisotopic (exact) mass is 412 g/mol. The third-order valence-corrected chi connectivity index (χ3v) is 6.05. The van der Waals surface area contributed by atoms with Crippen LogP contribution in [0.4, 0.5) is 0 Å². The van der Waals surface area contributed by atoms with Crippen molar-refractivity contribution in [2.24, 2.45) is 0 Å². The van der Waals surface area contributed by atoms with Gasteiger partial charge in [-0.05, 0) is 19.4 Å². The summed E-state index contributed by atoms with van der Waals surface area (Å²) in [7, 11) is 5.36. The van der Waals surface area contributed by atoms with E-state index in [1.807, 2.05) is 0 Å². The van der Waals surface area contributed by atoms with Crippen molar-refractivity contribution in [3.63, 3.8) is 0 Å². The highest BCUT2D eigenvalue weighted by molar-refractivity contribution is 5.03. The Kier molecular flexibility index (Phi) is 12.0. The van der Waals surface area contributed by atoms with E-state index in [-0.39, 0.29) is 0 Å². The zero-order chi connectivity index (χ0) is 20.9. The summed E-state index contributed by atoms with van der Waals surface area (Å²) < 4.78 is 16.1. The molecule has 0 aromatic carbocycles. The van der Waals surface area contributed by atoms with Crippen LogP contribution in [0.5, 0.6) is 0 Å². The second-order valence-electron chi connectivity index (χ2n) is 8.14. The fraction of sp³-hybridized carbons (Fsp3) is 0.909. The topological polar surface area (TPSA) is 40.7 Å². The van der Waals surface area contributed by atoms with E-state index in [9.17, 15) is 0 Å². The van der Waals surface area contributed by atoms with Gasteiger partial charge >= 0.3 is 0 Å². The number of ether oxygens (including phenoxy) is 3. The molecule has 0 aromatic heterocycles. The molecule has 2 aliphatic rings. The normalized spacial score (nSPS) is 24.3. The maximum atomic E-state index is 5.40. The average molecular weight is 413 g/mol. The molecule has 0 aromatic rings. The van der Waals surface area contributed by atoms with Gasteiger partial charge in [0.25, 0.3) is 0 Å². The first kappa shape index (κ1) is 24.4. The van der Waals surface area contributed by atoms with Gasteiger partial charge in [-0.15, -0.1) is 0 Å². The van der Waals surface area contributed by atoms with E-state index in [0.29, 0.717) is 12.1 Å². The summed E-state index contributed by atoms with van der Waals surface area (Å²) in [5, 5.41) is 0. The van der Waals surface area contributed by atoms with Crippen LogP contribution in [0, 0.1) is 0 Å². The molecule has 2 atom stereocenters. The van der Waals surface area contributed by atoms with Crippen molar-refractivity contribution in [3.05, 3.63) is 12.4 Å². The van der Waals surface area contributed by atoms with E-state index in [1.54, 1.807) is 21.3 Å². The van der Waals surface area contributed by atoms with Crippen LogP contribution in [-0.2, 0) is 14.2 Å². The molecule has 2 rings (SSSR count). The second-order valence-corrected chi connectivity index (χ2v) is 8.14. The average Bonchev–Trinajstić information content (AvgIpc) is 3.51. The standard InChI is InChI=1S/C22H44N4O3/c1-5-6-7-25-12-10-23(14-17-27-2)8-9-24(15-18-28-3)11-13-26(16-19-29-4)22-20-21(22)25/h8-9,21-22H,5-7,10-20H2,1-4H3. The Morgan fingerprint density at radius 2 is 1.17 bits per heavy atom. The molecule has 7 nitrogen and oxygen atoms in total. The molecule has 0 radical (unpaired) electrons. The SMILES string of the molecule is CCCCN1CCN(CCOC)C=CN(CCOC)CCN(CCOC)C2CC21. The van der Waals surface area contributed by atoms with Crippen molar-refractivity contribution >= 4 is 0 Å². The molecule has 29 heavy (non-hydrogen) atoms. The van der Waals surface area contributed by atoms with Crippen molar-refractivity contribution in [1.82, 2.24) is 19.6 Å². The van der Waals surface area contributed by atoms with Gasteiger partial charge in [0.2, 0.25) is 0 Å². The number of fused-ring (bicyclic) bond motifs is 1. The van der Waals surface area contributed by atoms with Gasteiger partial charge in [0.15, 0.2) is 0 Å². The number of rotatable bonds is 12. The van der Waals surface area contributed by atoms with E-state index in [4.69, 9.17) is 14.2 Å². The first-order valence-corrected chi connectivity index (χ1v) is 11.3. The Bertz CT molecular complexity index is 414. The molecule has 0 amide bonds. The smallest absolute Gasteiger partial charge is 0.0637 e. The number of unbranched alkanes of at least 4 members (excludes halogenated alkanes) is 1. The lowest BCUT2D eigenvalue weighted by molar-refractivity contribution is 0.113. The molecule has 1 saturated carbocycles. The Balaban J connectivity index is 2.10. The minimum Gasteiger partial charge on any atom is -0.383 e. The molecule has 7 heteroatoms. The van der Waals surface area contributed by atoms with Crippen LogP contribution in [0.15, 0.2) is 12.4 Å².